The molecule has 0 saturated carbocycles. The number of primary amides is 1. The number of amides is 2. The summed E-state index contributed by atoms with van der Waals surface area (Å²) in [5, 5.41) is 6.85. The minimum atomic E-state index is -0.595. The summed E-state index contributed by atoms with van der Waals surface area (Å²) in [4.78, 5) is 12.0. The zero-order valence-electron chi connectivity index (χ0n) is 10.2. The molecule has 0 radical (unpaired) electrons. The molecule has 2 aromatic rings. The number of anilines is 1. The van der Waals surface area contributed by atoms with Crippen molar-refractivity contribution in [2.24, 2.45) is 12.8 Å². The van der Waals surface area contributed by atoms with E-state index in [1.165, 1.54) is 4.90 Å². The SMILES string of the molecule is CSc1ccc(-c2cc(NC(N)=O)n(C)n2)cc1. The Balaban J connectivity index is 2.30. The quantitative estimate of drug-likeness (QED) is 0.834. The fraction of sp³-hybridized carbons (Fsp3) is 0.167. The Kier molecular flexibility index (Phi) is 3.57. The van der Waals surface area contributed by atoms with Crippen molar-refractivity contribution in [1.29, 1.82) is 0 Å². The summed E-state index contributed by atoms with van der Waals surface area (Å²) >= 11 is 1.69. The van der Waals surface area contributed by atoms with Crippen LogP contribution in [0.2, 0.25) is 0 Å². The van der Waals surface area contributed by atoms with Crippen molar-refractivity contribution < 1.29 is 4.79 Å². The molecule has 2 rings (SSSR count). The van der Waals surface area contributed by atoms with Gasteiger partial charge in [-0.3, -0.25) is 10.00 Å². The van der Waals surface area contributed by atoms with Crippen LogP contribution < -0.4 is 11.1 Å². The van der Waals surface area contributed by atoms with E-state index in [1.807, 2.05) is 30.5 Å². The van der Waals surface area contributed by atoms with Crippen molar-refractivity contribution in [3.05, 3.63) is 30.3 Å². The third-order valence-corrected chi connectivity index (χ3v) is 3.26. The largest absolute Gasteiger partial charge is 0.351 e. The van der Waals surface area contributed by atoms with Crippen LogP contribution in [0.1, 0.15) is 0 Å². The van der Waals surface area contributed by atoms with Crippen LogP contribution in [0.5, 0.6) is 0 Å². The van der Waals surface area contributed by atoms with Crippen LogP contribution in [0.3, 0.4) is 0 Å². The van der Waals surface area contributed by atoms with Crippen molar-refractivity contribution in [1.82, 2.24) is 9.78 Å². The predicted molar refractivity (Wildman–Crippen MR) is 73.6 cm³/mol. The zero-order valence-corrected chi connectivity index (χ0v) is 11.0. The minimum Gasteiger partial charge on any atom is -0.351 e. The standard InChI is InChI=1S/C12H14N4OS/c1-16-11(14-12(13)17)7-10(15-16)8-3-5-9(18-2)6-4-8/h3-7H,1-2H3,(H3,13,14,17). The number of rotatable bonds is 3. The van der Waals surface area contributed by atoms with Crippen molar-refractivity contribution in [3.8, 4) is 11.3 Å². The van der Waals surface area contributed by atoms with E-state index in [0.29, 0.717) is 5.82 Å². The Labute approximate surface area is 109 Å². The smallest absolute Gasteiger partial charge is 0.317 e. The molecule has 0 fully saturated rings. The lowest BCUT2D eigenvalue weighted by Crippen LogP contribution is -2.20. The van der Waals surface area contributed by atoms with E-state index >= 15 is 0 Å². The molecule has 0 aliphatic heterocycles. The molecule has 0 atom stereocenters. The zero-order chi connectivity index (χ0) is 13.1. The lowest BCUT2D eigenvalue weighted by atomic mass is 10.1. The third-order valence-electron chi connectivity index (χ3n) is 2.52. The highest BCUT2D eigenvalue weighted by Crippen LogP contribution is 2.24. The number of nitrogens with one attached hydrogen (secondary N) is 1. The van der Waals surface area contributed by atoms with Gasteiger partial charge in [0.1, 0.15) is 5.82 Å². The van der Waals surface area contributed by atoms with Gasteiger partial charge in [0.2, 0.25) is 0 Å². The van der Waals surface area contributed by atoms with E-state index in [0.717, 1.165) is 11.3 Å². The van der Waals surface area contributed by atoms with Gasteiger partial charge in [-0.15, -0.1) is 11.8 Å². The third kappa shape index (κ3) is 2.65. The Bertz CT molecular complexity index is 562. The maximum absolute atomic E-state index is 10.8. The highest BCUT2D eigenvalue weighted by atomic mass is 32.2. The molecule has 1 aromatic heterocycles. The topological polar surface area (TPSA) is 72.9 Å². The Morgan fingerprint density at radius 1 is 1.39 bits per heavy atom. The van der Waals surface area contributed by atoms with Gasteiger partial charge in [0.05, 0.1) is 5.69 Å². The van der Waals surface area contributed by atoms with Gasteiger partial charge < -0.3 is 5.73 Å². The molecule has 0 saturated heterocycles. The fourth-order valence-corrected chi connectivity index (χ4v) is 2.02. The number of carbonyl (C=O) groups is 1. The van der Waals surface area contributed by atoms with E-state index in [2.05, 4.69) is 10.4 Å². The second-order valence-electron chi connectivity index (χ2n) is 3.76. The highest BCUT2D eigenvalue weighted by Gasteiger charge is 2.08. The van der Waals surface area contributed by atoms with Crippen molar-refractivity contribution in [2.45, 2.75) is 4.90 Å². The number of nitrogens with zero attached hydrogens (tertiary/aromatic N) is 2. The maximum atomic E-state index is 10.8. The first-order valence-corrected chi connectivity index (χ1v) is 6.57. The molecule has 1 heterocycles. The maximum Gasteiger partial charge on any atom is 0.317 e. The Morgan fingerprint density at radius 3 is 2.61 bits per heavy atom. The lowest BCUT2D eigenvalue weighted by molar-refractivity contribution is 0.259. The van der Waals surface area contributed by atoms with Crippen LogP contribution in [0.15, 0.2) is 35.2 Å². The molecule has 0 unspecified atom stereocenters. The molecule has 0 bridgehead atoms. The van der Waals surface area contributed by atoms with Gasteiger partial charge in [-0.2, -0.15) is 5.10 Å². The van der Waals surface area contributed by atoms with Gasteiger partial charge in [0.15, 0.2) is 0 Å². The molecule has 3 N–H and O–H groups in total. The number of hydrogen-bond acceptors (Lipinski definition) is 3. The molecular weight excluding hydrogens is 248 g/mol. The summed E-state index contributed by atoms with van der Waals surface area (Å²) in [7, 11) is 1.75. The fourth-order valence-electron chi connectivity index (χ4n) is 1.61. The molecule has 0 spiro atoms. The number of aryl methyl sites for hydroxylation is 1. The molecule has 6 heteroatoms. The number of hydrogen-bond donors (Lipinski definition) is 2. The predicted octanol–water partition coefficient (Wildman–Crippen LogP) is 2.30. The summed E-state index contributed by atoms with van der Waals surface area (Å²) in [5.74, 6) is 0.575. The molecule has 18 heavy (non-hydrogen) atoms. The second kappa shape index (κ2) is 5.14. The van der Waals surface area contributed by atoms with E-state index in [9.17, 15) is 4.79 Å². The monoisotopic (exact) mass is 262 g/mol. The number of carbonyl (C=O) groups excluding carboxylic acids is 1. The van der Waals surface area contributed by atoms with E-state index in [4.69, 9.17) is 5.73 Å². The molecule has 94 valence electrons. The summed E-state index contributed by atoms with van der Waals surface area (Å²) in [6, 6.07) is 9.27. The van der Waals surface area contributed by atoms with Gasteiger partial charge in [-0.1, -0.05) is 12.1 Å². The average Bonchev–Trinajstić information content (AvgIpc) is 2.70. The highest BCUT2D eigenvalue weighted by molar-refractivity contribution is 7.98. The minimum absolute atomic E-state index is 0.575. The van der Waals surface area contributed by atoms with Gasteiger partial charge in [0.25, 0.3) is 0 Å². The number of benzene rings is 1. The van der Waals surface area contributed by atoms with Gasteiger partial charge >= 0.3 is 6.03 Å². The average molecular weight is 262 g/mol. The number of nitrogens with two attached hydrogens (primary N) is 1. The van der Waals surface area contributed by atoms with E-state index in [-0.39, 0.29) is 0 Å². The Hall–Kier alpha value is -1.95. The van der Waals surface area contributed by atoms with Gasteiger partial charge in [-0.25, -0.2) is 4.79 Å². The van der Waals surface area contributed by atoms with E-state index in [1.54, 1.807) is 29.6 Å². The van der Waals surface area contributed by atoms with Crippen molar-refractivity contribution in [2.75, 3.05) is 11.6 Å². The van der Waals surface area contributed by atoms with Crippen LogP contribution in [-0.2, 0) is 7.05 Å². The lowest BCUT2D eigenvalue weighted by Gasteiger charge is -1.99. The van der Waals surface area contributed by atoms with Crippen LogP contribution in [0.4, 0.5) is 10.6 Å². The van der Waals surface area contributed by atoms with Gasteiger partial charge in [-0.05, 0) is 18.4 Å². The second-order valence-corrected chi connectivity index (χ2v) is 4.64. The van der Waals surface area contributed by atoms with Crippen LogP contribution >= 0.6 is 11.8 Å². The molecule has 5 nitrogen and oxygen atoms in total. The molecule has 1 aromatic carbocycles. The van der Waals surface area contributed by atoms with Crippen molar-refractivity contribution in [3.63, 3.8) is 0 Å². The summed E-state index contributed by atoms with van der Waals surface area (Å²) < 4.78 is 1.59. The number of urea groups is 1. The summed E-state index contributed by atoms with van der Waals surface area (Å²) in [5.41, 5.74) is 6.89. The number of aromatic nitrogens is 2. The summed E-state index contributed by atoms with van der Waals surface area (Å²) in [6.07, 6.45) is 2.03. The molecular formula is C12H14N4OS. The number of thioether (sulfide) groups is 1. The van der Waals surface area contributed by atoms with Crippen LogP contribution in [0.25, 0.3) is 11.3 Å². The van der Waals surface area contributed by atoms with Gasteiger partial charge in [0, 0.05) is 23.6 Å². The Morgan fingerprint density at radius 2 is 2.06 bits per heavy atom. The molecule has 0 aliphatic rings. The summed E-state index contributed by atoms with van der Waals surface area (Å²) in [6.45, 7) is 0. The normalized spacial score (nSPS) is 10.3. The van der Waals surface area contributed by atoms with E-state index < -0.39 is 6.03 Å². The van der Waals surface area contributed by atoms with Crippen molar-refractivity contribution >= 4 is 23.6 Å². The van der Waals surface area contributed by atoms with Crippen LogP contribution in [-0.4, -0.2) is 22.1 Å². The van der Waals surface area contributed by atoms with Crippen LogP contribution in [0, 0.1) is 0 Å². The molecule has 2 amide bonds. The first kappa shape index (κ1) is 12.5. The first-order chi connectivity index (χ1) is 8.60. The first-order valence-electron chi connectivity index (χ1n) is 5.35. The molecule has 0 aliphatic carbocycles.